The fourth-order valence-electron chi connectivity index (χ4n) is 2.10. The van der Waals surface area contributed by atoms with E-state index in [2.05, 4.69) is 16.8 Å². The Balaban J connectivity index is 2.11. The van der Waals surface area contributed by atoms with Gasteiger partial charge < -0.3 is 15.0 Å². The first-order chi connectivity index (χ1) is 7.66. The molecule has 1 aromatic heterocycles. The van der Waals surface area contributed by atoms with Crippen molar-refractivity contribution in [1.29, 1.82) is 0 Å². The first-order valence-corrected chi connectivity index (χ1v) is 5.52. The van der Waals surface area contributed by atoms with Crippen LogP contribution in [0.5, 0.6) is 0 Å². The minimum Gasteiger partial charge on any atom is -0.368 e. The van der Waals surface area contributed by atoms with Gasteiger partial charge in [-0.05, 0) is 34.7 Å². The molecule has 1 aliphatic rings. The molecule has 1 saturated heterocycles. The third kappa shape index (κ3) is 2.29. The molecule has 0 spiro atoms. The van der Waals surface area contributed by atoms with E-state index in [9.17, 15) is 10.1 Å². The third-order valence-corrected chi connectivity index (χ3v) is 2.94. The molecule has 16 heavy (non-hydrogen) atoms. The summed E-state index contributed by atoms with van der Waals surface area (Å²) in [6.07, 6.45) is 4.03. The summed E-state index contributed by atoms with van der Waals surface area (Å²) in [4.78, 5) is 16.1. The van der Waals surface area contributed by atoms with Crippen LogP contribution in [0.4, 0.5) is 11.5 Å². The first kappa shape index (κ1) is 10.9. The predicted molar refractivity (Wildman–Crippen MR) is 61.5 cm³/mol. The van der Waals surface area contributed by atoms with Gasteiger partial charge >= 0.3 is 5.82 Å². The smallest absolute Gasteiger partial charge is 0.363 e. The van der Waals surface area contributed by atoms with Crippen molar-refractivity contribution in [3.8, 4) is 0 Å². The topological polar surface area (TPSA) is 59.3 Å². The molecule has 1 unspecified atom stereocenters. The van der Waals surface area contributed by atoms with Gasteiger partial charge in [0.15, 0.2) is 6.20 Å². The van der Waals surface area contributed by atoms with Gasteiger partial charge in [0.25, 0.3) is 0 Å². The van der Waals surface area contributed by atoms with Crippen LogP contribution in [0.1, 0.15) is 19.8 Å². The van der Waals surface area contributed by atoms with Gasteiger partial charge in [-0.15, -0.1) is 0 Å². The highest BCUT2D eigenvalue weighted by molar-refractivity contribution is 5.46. The molecule has 1 aromatic rings. The molecular weight excluding hydrogens is 206 g/mol. The van der Waals surface area contributed by atoms with Crippen LogP contribution in [0, 0.1) is 16.0 Å². The SMILES string of the molecule is CC1CCCN(c2ccc([N+](=O)[O-])nc2)C1. The van der Waals surface area contributed by atoms with E-state index in [0.29, 0.717) is 5.92 Å². The Kier molecular flexibility index (Phi) is 3.03. The zero-order chi connectivity index (χ0) is 11.5. The average molecular weight is 221 g/mol. The number of rotatable bonds is 2. The van der Waals surface area contributed by atoms with Crippen molar-refractivity contribution < 1.29 is 4.92 Å². The minimum absolute atomic E-state index is 0.0891. The van der Waals surface area contributed by atoms with Gasteiger partial charge in [-0.25, -0.2) is 0 Å². The molecule has 2 heterocycles. The summed E-state index contributed by atoms with van der Waals surface area (Å²) in [5.41, 5.74) is 0.983. The van der Waals surface area contributed by atoms with Crippen molar-refractivity contribution in [2.24, 2.45) is 5.92 Å². The second-order valence-corrected chi connectivity index (χ2v) is 4.33. The van der Waals surface area contributed by atoms with Crippen molar-refractivity contribution >= 4 is 11.5 Å². The van der Waals surface area contributed by atoms with E-state index in [-0.39, 0.29) is 5.82 Å². The van der Waals surface area contributed by atoms with E-state index in [1.54, 1.807) is 12.3 Å². The minimum atomic E-state index is -0.470. The quantitative estimate of drug-likeness (QED) is 0.567. The molecule has 0 aliphatic carbocycles. The van der Waals surface area contributed by atoms with E-state index >= 15 is 0 Å². The summed E-state index contributed by atoms with van der Waals surface area (Å²) >= 11 is 0. The van der Waals surface area contributed by atoms with Gasteiger partial charge in [-0.3, -0.25) is 0 Å². The fourth-order valence-corrected chi connectivity index (χ4v) is 2.10. The highest BCUT2D eigenvalue weighted by Gasteiger charge is 2.18. The molecule has 0 saturated carbocycles. The monoisotopic (exact) mass is 221 g/mol. The van der Waals surface area contributed by atoms with Gasteiger partial charge in [0.05, 0.1) is 5.69 Å². The fraction of sp³-hybridized carbons (Fsp3) is 0.545. The maximum Gasteiger partial charge on any atom is 0.363 e. The molecule has 86 valence electrons. The van der Waals surface area contributed by atoms with Crippen LogP contribution in [-0.4, -0.2) is 23.0 Å². The Morgan fingerprint density at radius 2 is 2.38 bits per heavy atom. The summed E-state index contributed by atoms with van der Waals surface area (Å²) in [6, 6.07) is 3.25. The Bertz CT molecular complexity index is 377. The van der Waals surface area contributed by atoms with Crippen LogP contribution in [0.3, 0.4) is 0 Å². The summed E-state index contributed by atoms with van der Waals surface area (Å²) in [7, 11) is 0. The lowest BCUT2D eigenvalue weighted by molar-refractivity contribution is -0.389. The van der Waals surface area contributed by atoms with Crippen LogP contribution < -0.4 is 4.90 Å². The van der Waals surface area contributed by atoms with Gasteiger partial charge in [0.1, 0.15) is 0 Å². The van der Waals surface area contributed by atoms with Crippen molar-refractivity contribution in [1.82, 2.24) is 4.98 Å². The number of nitro groups is 1. The van der Waals surface area contributed by atoms with E-state index in [1.165, 1.54) is 18.9 Å². The van der Waals surface area contributed by atoms with Crippen molar-refractivity contribution in [2.45, 2.75) is 19.8 Å². The second kappa shape index (κ2) is 4.47. The largest absolute Gasteiger partial charge is 0.368 e. The van der Waals surface area contributed by atoms with Crippen LogP contribution in [0.2, 0.25) is 0 Å². The van der Waals surface area contributed by atoms with Crippen LogP contribution in [-0.2, 0) is 0 Å². The maximum atomic E-state index is 10.5. The molecule has 2 rings (SSSR count). The molecule has 0 bridgehead atoms. The number of nitrogens with zero attached hydrogens (tertiary/aromatic N) is 3. The van der Waals surface area contributed by atoms with Gasteiger partial charge in [0, 0.05) is 19.2 Å². The summed E-state index contributed by atoms with van der Waals surface area (Å²) in [6.45, 7) is 4.26. The number of aromatic nitrogens is 1. The number of pyridine rings is 1. The zero-order valence-corrected chi connectivity index (χ0v) is 9.30. The van der Waals surface area contributed by atoms with Gasteiger partial charge in [0.2, 0.25) is 0 Å². The number of hydrogen-bond donors (Lipinski definition) is 0. The van der Waals surface area contributed by atoms with E-state index < -0.39 is 4.92 Å². The molecule has 5 heteroatoms. The number of hydrogen-bond acceptors (Lipinski definition) is 4. The predicted octanol–water partition coefficient (Wildman–Crippen LogP) is 2.23. The lowest BCUT2D eigenvalue weighted by Gasteiger charge is -2.31. The number of anilines is 1. The van der Waals surface area contributed by atoms with Crippen LogP contribution in [0.25, 0.3) is 0 Å². The van der Waals surface area contributed by atoms with Crippen molar-refractivity contribution in [3.63, 3.8) is 0 Å². The summed E-state index contributed by atoms with van der Waals surface area (Å²) in [5.74, 6) is 0.595. The molecular formula is C11H15N3O2. The maximum absolute atomic E-state index is 10.5. The Morgan fingerprint density at radius 1 is 1.56 bits per heavy atom. The van der Waals surface area contributed by atoms with Crippen LogP contribution >= 0.6 is 0 Å². The highest BCUT2D eigenvalue weighted by atomic mass is 16.6. The van der Waals surface area contributed by atoms with Crippen molar-refractivity contribution in [3.05, 3.63) is 28.4 Å². The molecule has 1 fully saturated rings. The third-order valence-electron chi connectivity index (χ3n) is 2.94. The average Bonchev–Trinajstić information content (AvgIpc) is 2.29. The van der Waals surface area contributed by atoms with Crippen molar-refractivity contribution in [2.75, 3.05) is 18.0 Å². The van der Waals surface area contributed by atoms with Crippen LogP contribution in [0.15, 0.2) is 18.3 Å². The van der Waals surface area contributed by atoms with E-state index in [1.807, 2.05) is 0 Å². The Morgan fingerprint density at radius 3 is 2.94 bits per heavy atom. The molecule has 5 nitrogen and oxygen atoms in total. The lowest BCUT2D eigenvalue weighted by Crippen LogP contribution is -2.34. The molecule has 1 aliphatic heterocycles. The molecule has 0 radical (unpaired) electrons. The lowest BCUT2D eigenvalue weighted by atomic mass is 10.00. The molecule has 0 amide bonds. The molecule has 0 aromatic carbocycles. The zero-order valence-electron chi connectivity index (χ0n) is 9.30. The van der Waals surface area contributed by atoms with Gasteiger partial charge in [-0.1, -0.05) is 6.92 Å². The highest BCUT2D eigenvalue weighted by Crippen LogP contribution is 2.23. The second-order valence-electron chi connectivity index (χ2n) is 4.33. The Hall–Kier alpha value is -1.65. The molecule has 1 atom stereocenters. The normalized spacial score (nSPS) is 20.8. The standard InChI is InChI=1S/C11H15N3O2/c1-9-3-2-6-13(8-9)10-4-5-11(12-7-10)14(15)16/h4-5,7,9H,2-3,6,8H2,1H3. The summed E-state index contributed by atoms with van der Waals surface area (Å²) in [5, 5.41) is 10.5. The number of piperidine rings is 1. The first-order valence-electron chi connectivity index (χ1n) is 5.52. The Labute approximate surface area is 94.2 Å². The van der Waals surface area contributed by atoms with E-state index in [4.69, 9.17) is 0 Å². The van der Waals surface area contributed by atoms with Gasteiger partial charge in [-0.2, -0.15) is 0 Å². The molecule has 0 N–H and O–H groups in total. The van der Waals surface area contributed by atoms with E-state index in [0.717, 1.165) is 18.8 Å². The summed E-state index contributed by atoms with van der Waals surface area (Å²) < 4.78 is 0.